The van der Waals surface area contributed by atoms with E-state index in [1.807, 2.05) is 13.8 Å². The summed E-state index contributed by atoms with van der Waals surface area (Å²) in [5.74, 6) is 1.54. The van der Waals surface area contributed by atoms with E-state index in [0.717, 1.165) is 35.7 Å². The van der Waals surface area contributed by atoms with E-state index in [9.17, 15) is 8.42 Å². The van der Waals surface area contributed by atoms with Crippen LogP contribution in [-0.2, 0) is 26.1 Å². The molecule has 1 aromatic carbocycles. The zero-order chi connectivity index (χ0) is 18.8. The number of benzene rings is 1. The van der Waals surface area contributed by atoms with Gasteiger partial charge in [0.1, 0.15) is 5.76 Å². The molecule has 0 atom stereocenters. The molecule has 0 amide bonds. The summed E-state index contributed by atoms with van der Waals surface area (Å²) in [6.07, 6.45) is 6.26. The van der Waals surface area contributed by atoms with Crippen LogP contribution in [0, 0.1) is 13.8 Å². The molecule has 2 aromatic rings. The number of aromatic nitrogens is 1. The third-order valence-electron chi connectivity index (χ3n) is 5.25. The maximum Gasteiger partial charge on any atom is 0.296 e. The van der Waals surface area contributed by atoms with Gasteiger partial charge < -0.3 is 4.42 Å². The lowest BCUT2D eigenvalue weighted by Crippen LogP contribution is -2.25. The minimum Gasteiger partial charge on any atom is -0.445 e. The van der Waals surface area contributed by atoms with Crippen molar-refractivity contribution in [1.82, 2.24) is 4.98 Å². The molecule has 26 heavy (non-hydrogen) atoms. The largest absolute Gasteiger partial charge is 0.445 e. The van der Waals surface area contributed by atoms with Crippen molar-refractivity contribution in [3.8, 4) is 0 Å². The lowest BCUT2D eigenvalue weighted by atomic mass is 9.76. The van der Waals surface area contributed by atoms with Crippen molar-refractivity contribution in [2.45, 2.75) is 69.6 Å². The maximum absolute atomic E-state index is 12.3. The Hall–Kier alpha value is -1.66. The van der Waals surface area contributed by atoms with Gasteiger partial charge in [0.25, 0.3) is 10.1 Å². The Morgan fingerprint density at radius 1 is 1.12 bits per heavy atom. The molecular weight excluding hydrogens is 350 g/mol. The molecule has 0 unspecified atom stereocenters. The van der Waals surface area contributed by atoms with Crippen LogP contribution in [0.5, 0.6) is 0 Å². The average Bonchev–Trinajstić information content (AvgIpc) is 2.98. The molecule has 0 saturated heterocycles. The van der Waals surface area contributed by atoms with Gasteiger partial charge in [0.15, 0.2) is 0 Å². The molecule has 3 rings (SSSR count). The Kier molecular flexibility index (Phi) is 5.53. The van der Waals surface area contributed by atoms with Crippen molar-refractivity contribution >= 4 is 10.1 Å². The Bertz CT molecular complexity index is 846. The van der Waals surface area contributed by atoms with Crippen LogP contribution in [-0.4, -0.2) is 20.0 Å². The second-order valence-electron chi connectivity index (χ2n) is 7.48. The molecular formula is C20H27NO4S. The van der Waals surface area contributed by atoms with Crippen molar-refractivity contribution in [2.75, 3.05) is 6.61 Å². The van der Waals surface area contributed by atoms with Gasteiger partial charge >= 0.3 is 0 Å². The lowest BCUT2D eigenvalue weighted by Gasteiger charge is -2.30. The molecule has 1 aliphatic carbocycles. The zero-order valence-corrected chi connectivity index (χ0v) is 16.6. The van der Waals surface area contributed by atoms with Crippen LogP contribution < -0.4 is 0 Å². The van der Waals surface area contributed by atoms with E-state index in [2.05, 4.69) is 11.9 Å². The van der Waals surface area contributed by atoms with Gasteiger partial charge in [-0.15, -0.1) is 0 Å². The first kappa shape index (κ1) is 19.1. The SMILES string of the molecule is Cc1ccc(S(=O)(=O)OCCc2nc(C3(C)CCCCC3)oc2C)cc1. The van der Waals surface area contributed by atoms with E-state index in [1.165, 1.54) is 19.3 Å². The molecule has 6 heteroatoms. The van der Waals surface area contributed by atoms with Gasteiger partial charge in [-0.2, -0.15) is 8.42 Å². The third kappa shape index (κ3) is 4.18. The van der Waals surface area contributed by atoms with E-state index >= 15 is 0 Å². The van der Waals surface area contributed by atoms with Crippen molar-refractivity contribution in [3.05, 3.63) is 47.2 Å². The van der Waals surface area contributed by atoms with Crippen molar-refractivity contribution in [2.24, 2.45) is 0 Å². The molecule has 1 aliphatic rings. The summed E-state index contributed by atoms with van der Waals surface area (Å²) in [7, 11) is -3.74. The monoisotopic (exact) mass is 377 g/mol. The third-order valence-corrected chi connectivity index (χ3v) is 6.58. The minimum absolute atomic E-state index is 0.00388. The number of aryl methyl sites for hydroxylation is 2. The topological polar surface area (TPSA) is 69.4 Å². The molecule has 5 nitrogen and oxygen atoms in total. The van der Waals surface area contributed by atoms with E-state index < -0.39 is 10.1 Å². The van der Waals surface area contributed by atoms with Crippen LogP contribution in [0.3, 0.4) is 0 Å². The zero-order valence-electron chi connectivity index (χ0n) is 15.7. The first-order chi connectivity index (χ1) is 12.3. The molecule has 0 bridgehead atoms. The van der Waals surface area contributed by atoms with Crippen molar-refractivity contribution in [1.29, 1.82) is 0 Å². The summed E-state index contributed by atoms with van der Waals surface area (Å²) in [6, 6.07) is 6.65. The molecule has 1 fully saturated rings. The summed E-state index contributed by atoms with van der Waals surface area (Å²) in [5, 5.41) is 0. The molecule has 0 aliphatic heterocycles. The standard InChI is InChI=1S/C20H27NO4S/c1-15-7-9-17(10-8-15)26(22,23)24-14-11-18-16(2)25-19(21-18)20(3)12-5-4-6-13-20/h7-10H,4-6,11-14H2,1-3H3. The van der Waals surface area contributed by atoms with Crippen LogP contribution in [0.4, 0.5) is 0 Å². The van der Waals surface area contributed by atoms with Gasteiger partial charge in [-0.3, -0.25) is 4.18 Å². The van der Waals surface area contributed by atoms with Crippen molar-refractivity contribution in [3.63, 3.8) is 0 Å². The van der Waals surface area contributed by atoms with E-state index in [1.54, 1.807) is 24.3 Å². The predicted octanol–water partition coefficient (Wildman–Crippen LogP) is 4.46. The summed E-state index contributed by atoms with van der Waals surface area (Å²) in [6.45, 7) is 6.06. The van der Waals surface area contributed by atoms with Gasteiger partial charge in [-0.25, -0.2) is 4.98 Å². The second kappa shape index (κ2) is 7.53. The molecule has 0 radical (unpaired) electrons. The highest BCUT2D eigenvalue weighted by atomic mass is 32.2. The Labute approximate surface area is 155 Å². The van der Waals surface area contributed by atoms with Crippen LogP contribution in [0.2, 0.25) is 0 Å². The van der Waals surface area contributed by atoms with Gasteiger partial charge in [0, 0.05) is 11.8 Å². The van der Waals surface area contributed by atoms with Crippen LogP contribution in [0.1, 0.15) is 61.9 Å². The number of hydrogen-bond donors (Lipinski definition) is 0. The second-order valence-corrected chi connectivity index (χ2v) is 9.10. The lowest BCUT2D eigenvalue weighted by molar-refractivity contribution is 0.254. The van der Waals surface area contributed by atoms with Crippen LogP contribution in [0.25, 0.3) is 0 Å². The molecule has 1 aromatic heterocycles. The summed E-state index contributed by atoms with van der Waals surface area (Å²) in [5.41, 5.74) is 1.78. The van der Waals surface area contributed by atoms with E-state index in [0.29, 0.717) is 6.42 Å². The quantitative estimate of drug-likeness (QED) is 0.695. The highest BCUT2D eigenvalue weighted by Gasteiger charge is 2.34. The molecule has 0 spiro atoms. The fourth-order valence-corrected chi connectivity index (χ4v) is 4.39. The number of nitrogens with zero attached hydrogens (tertiary/aromatic N) is 1. The number of hydrogen-bond acceptors (Lipinski definition) is 5. The number of oxazole rings is 1. The summed E-state index contributed by atoms with van der Waals surface area (Å²) < 4.78 is 35.6. The molecule has 0 N–H and O–H groups in total. The molecule has 142 valence electrons. The Morgan fingerprint density at radius 2 is 1.77 bits per heavy atom. The average molecular weight is 378 g/mol. The first-order valence-electron chi connectivity index (χ1n) is 9.23. The Balaban J connectivity index is 1.64. The number of rotatable bonds is 6. The fourth-order valence-electron chi connectivity index (χ4n) is 3.49. The maximum atomic E-state index is 12.3. The smallest absolute Gasteiger partial charge is 0.296 e. The van der Waals surface area contributed by atoms with Crippen molar-refractivity contribution < 1.29 is 17.0 Å². The van der Waals surface area contributed by atoms with Gasteiger partial charge in [0.05, 0.1) is 17.2 Å². The van der Waals surface area contributed by atoms with Gasteiger partial charge in [0.2, 0.25) is 5.89 Å². The van der Waals surface area contributed by atoms with Crippen LogP contribution in [0.15, 0.2) is 33.6 Å². The minimum atomic E-state index is -3.74. The van der Waals surface area contributed by atoms with Gasteiger partial charge in [-0.05, 0) is 38.8 Å². The highest BCUT2D eigenvalue weighted by Crippen LogP contribution is 2.39. The molecule has 1 saturated carbocycles. The Morgan fingerprint density at radius 3 is 2.42 bits per heavy atom. The highest BCUT2D eigenvalue weighted by molar-refractivity contribution is 7.86. The van der Waals surface area contributed by atoms with Gasteiger partial charge in [-0.1, -0.05) is 43.9 Å². The van der Waals surface area contributed by atoms with E-state index in [-0.39, 0.29) is 16.9 Å². The molecule has 1 heterocycles. The normalized spacial score (nSPS) is 17.3. The predicted molar refractivity (Wildman–Crippen MR) is 99.7 cm³/mol. The summed E-state index contributed by atoms with van der Waals surface area (Å²) >= 11 is 0. The fraction of sp³-hybridized carbons (Fsp3) is 0.550. The first-order valence-corrected chi connectivity index (χ1v) is 10.6. The van der Waals surface area contributed by atoms with Crippen LogP contribution >= 0.6 is 0 Å². The summed E-state index contributed by atoms with van der Waals surface area (Å²) in [4.78, 5) is 4.84. The van der Waals surface area contributed by atoms with E-state index in [4.69, 9.17) is 8.60 Å².